The van der Waals surface area contributed by atoms with E-state index in [1.54, 1.807) is 18.6 Å². The molecule has 3 heterocycles. The average molecular weight is 444 g/mol. The van der Waals surface area contributed by atoms with Gasteiger partial charge in [-0.2, -0.15) is 5.10 Å². The third-order valence-corrected chi connectivity index (χ3v) is 5.57. The molecular formula is C22H26F2N6O2. The number of aromatic nitrogens is 4. The van der Waals surface area contributed by atoms with E-state index < -0.39 is 11.6 Å². The number of ether oxygens (including phenoxy) is 2. The van der Waals surface area contributed by atoms with E-state index in [2.05, 4.69) is 25.7 Å². The molecule has 1 fully saturated rings. The highest BCUT2D eigenvalue weighted by atomic mass is 19.1. The van der Waals surface area contributed by atoms with Crippen LogP contribution in [0.5, 0.6) is 11.5 Å². The quantitative estimate of drug-likeness (QED) is 0.551. The lowest BCUT2D eigenvalue weighted by Crippen LogP contribution is -2.29. The fourth-order valence-corrected chi connectivity index (χ4v) is 3.78. The van der Waals surface area contributed by atoms with Crippen LogP contribution in [-0.4, -0.2) is 47.1 Å². The zero-order valence-electron chi connectivity index (χ0n) is 18.1. The summed E-state index contributed by atoms with van der Waals surface area (Å²) < 4.78 is 41.0. The van der Waals surface area contributed by atoms with E-state index in [1.165, 1.54) is 20.3 Å². The van der Waals surface area contributed by atoms with E-state index in [0.717, 1.165) is 37.2 Å². The predicted octanol–water partition coefficient (Wildman–Crippen LogP) is 3.42. The van der Waals surface area contributed by atoms with E-state index in [1.807, 2.05) is 10.9 Å². The number of hydrogen-bond acceptors (Lipinski definition) is 7. The van der Waals surface area contributed by atoms with Crippen LogP contribution in [0, 0.1) is 11.6 Å². The summed E-state index contributed by atoms with van der Waals surface area (Å²) in [6, 6.07) is 1.59. The van der Waals surface area contributed by atoms with Crippen LogP contribution in [0.2, 0.25) is 0 Å². The van der Waals surface area contributed by atoms with Gasteiger partial charge in [0.2, 0.25) is 5.95 Å². The van der Waals surface area contributed by atoms with Gasteiger partial charge in [-0.15, -0.1) is 0 Å². The number of aryl methyl sites for hydroxylation is 1. The molecule has 0 radical (unpaired) electrons. The Kier molecular flexibility index (Phi) is 6.79. The maximum absolute atomic E-state index is 14.5. The van der Waals surface area contributed by atoms with E-state index >= 15 is 0 Å². The number of piperidine rings is 1. The monoisotopic (exact) mass is 444 g/mol. The first-order valence-electron chi connectivity index (χ1n) is 10.5. The van der Waals surface area contributed by atoms with Gasteiger partial charge in [-0.25, -0.2) is 18.7 Å². The highest BCUT2D eigenvalue weighted by Crippen LogP contribution is 2.32. The Morgan fingerprint density at radius 2 is 1.69 bits per heavy atom. The molecule has 0 bridgehead atoms. The van der Waals surface area contributed by atoms with Crippen molar-refractivity contribution in [2.45, 2.75) is 31.7 Å². The maximum atomic E-state index is 14.5. The van der Waals surface area contributed by atoms with Crippen LogP contribution < -0.4 is 20.1 Å². The van der Waals surface area contributed by atoms with Gasteiger partial charge in [-0.1, -0.05) is 0 Å². The zero-order chi connectivity index (χ0) is 22.5. The fraction of sp³-hybridized carbons (Fsp3) is 0.409. The molecule has 4 rings (SSSR count). The molecule has 32 heavy (non-hydrogen) atoms. The second kappa shape index (κ2) is 9.90. The lowest BCUT2D eigenvalue weighted by Gasteiger charge is -2.22. The Bertz CT molecular complexity index is 1020. The summed E-state index contributed by atoms with van der Waals surface area (Å²) in [4.78, 5) is 8.63. The SMILES string of the molecule is COc1cc(OC)c(F)c(CCc2cnc(Nc3cnn(C4CCNCC4)c3)nc2)c1F. The molecule has 2 N–H and O–H groups in total. The lowest BCUT2D eigenvalue weighted by molar-refractivity contribution is 0.343. The van der Waals surface area contributed by atoms with Gasteiger partial charge in [0, 0.05) is 30.2 Å². The van der Waals surface area contributed by atoms with Gasteiger partial charge in [0.05, 0.1) is 32.1 Å². The summed E-state index contributed by atoms with van der Waals surface area (Å²) in [6.07, 6.45) is 9.55. The third kappa shape index (κ3) is 4.80. The van der Waals surface area contributed by atoms with Crippen LogP contribution >= 0.6 is 0 Å². The van der Waals surface area contributed by atoms with Crippen molar-refractivity contribution in [2.24, 2.45) is 0 Å². The fourth-order valence-electron chi connectivity index (χ4n) is 3.78. The van der Waals surface area contributed by atoms with E-state index in [-0.39, 0.29) is 23.5 Å². The van der Waals surface area contributed by atoms with Crippen molar-refractivity contribution in [1.82, 2.24) is 25.1 Å². The molecule has 10 heteroatoms. The number of nitrogens with zero attached hydrogens (tertiary/aromatic N) is 4. The van der Waals surface area contributed by atoms with Gasteiger partial charge < -0.3 is 20.1 Å². The average Bonchev–Trinajstić information content (AvgIpc) is 3.29. The summed E-state index contributed by atoms with van der Waals surface area (Å²) in [5.41, 5.74) is 1.47. The van der Waals surface area contributed by atoms with Crippen LogP contribution in [0.4, 0.5) is 20.4 Å². The Labute approximate surface area is 185 Å². The topological polar surface area (TPSA) is 86.1 Å². The highest BCUT2D eigenvalue weighted by Gasteiger charge is 2.20. The summed E-state index contributed by atoms with van der Waals surface area (Å²) in [7, 11) is 2.66. The Morgan fingerprint density at radius 1 is 1.03 bits per heavy atom. The smallest absolute Gasteiger partial charge is 0.227 e. The van der Waals surface area contributed by atoms with Crippen molar-refractivity contribution < 1.29 is 18.3 Å². The maximum Gasteiger partial charge on any atom is 0.227 e. The summed E-state index contributed by atoms with van der Waals surface area (Å²) in [6.45, 7) is 1.99. The number of hydrogen-bond donors (Lipinski definition) is 2. The molecule has 0 amide bonds. The zero-order valence-corrected chi connectivity index (χ0v) is 18.1. The van der Waals surface area contributed by atoms with Gasteiger partial charge in [-0.3, -0.25) is 4.68 Å². The normalized spacial score (nSPS) is 14.4. The minimum atomic E-state index is -0.726. The molecule has 1 aromatic carbocycles. The summed E-state index contributed by atoms with van der Waals surface area (Å²) in [5.74, 6) is -1.14. The van der Waals surface area contributed by atoms with Crippen LogP contribution in [-0.2, 0) is 12.8 Å². The van der Waals surface area contributed by atoms with Crippen molar-refractivity contribution in [2.75, 3.05) is 32.6 Å². The lowest BCUT2D eigenvalue weighted by atomic mass is 10.0. The first kappa shape index (κ1) is 21.9. The molecule has 0 spiro atoms. The minimum Gasteiger partial charge on any atom is -0.494 e. The molecule has 3 aromatic rings. The standard InChI is InChI=1S/C22H26F2N6O2/c1-31-18-9-19(32-2)21(24)17(20(18)23)4-3-14-10-26-22(27-11-14)29-15-12-28-30(13-15)16-5-7-25-8-6-16/h9-13,16,25H,3-8H2,1-2H3,(H,26,27,29). The largest absolute Gasteiger partial charge is 0.494 e. The summed E-state index contributed by atoms with van der Waals surface area (Å²) >= 11 is 0. The summed E-state index contributed by atoms with van der Waals surface area (Å²) in [5, 5.41) is 10.9. The van der Waals surface area contributed by atoms with Gasteiger partial charge in [0.15, 0.2) is 23.1 Å². The Balaban J connectivity index is 1.39. The molecule has 0 saturated carbocycles. The minimum absolute atomic E-state index is 0.0564. The Morgan fingerprint density at radius 3 is 2.31 bits per heavy atom. The molecule has 1 aliphatic rings. The van der Waals surface area contributed by atoms with Crippen LogP contribution in [0.1, 0.15) is 30.0 Å². The highest BCUT2D eigenvalue weighted by molar-refractivity contribution is 5.50. The van der Waals surface area contributed by atoms with Gasteiger partial charge in [0.25, 0.3) is 0 Å². The second-order valence-electron chi connectivity index (χ2n) is 7.62. The van der Waals surface area contributed by atoms with E-state index in [9.17, 15) is 8.78 Å². The van der Waals surface area contributed by atoms with Crippen LogP contribution in [0.15, 0.2) is 30.9 Å². The molecule has 0 unspecified atom stereocenters. The number of benzene rings is 1. The molecule has 1 aliphatic heterocycles. The first-order chi connectivity index (χ1) is 15.6. The second-order valence-corrected chi connectivity index (χ2v) is 7.62. The van der Waals surface area contributed by atoms with Gasteiger partial charge in [0.1, 0.15) is 0 Å². The first-order valence-corrected chi connectivity index (χ1v) is 10.5. The molecule has 8 nitrogen and oxygen atoms in total. The molecule has 2 aromatic heterocycles. The molecule has 1 saturated heterocycles. The number of methoxy groups -OCH3 is 2. The van der Waals surface area contributed by atoms with Crippen molar-refractivity contribution in [3.63, 3.8) is 0 Å². The van der Waals surface area contributed by atoms with E-state index in [0.29, 0.717) is 18.4 Å². The molecule has 170 valence electrons. The van der Waals surface area contributed by atoms with E-state index in [4.69, 9.17) is 9.47 Å². The predicted molar refractivity (Wildman–Crippen MR) is 116 cm³/mol. The Hall–Kier alpha value is -3.27. The number of anilines is 2. The van der Waals surface area contributed by atoms with Crippen molar-refractivity contribution in [1.29, 1.82) is 0 Å². The van der Waals surface area contributed by atoms with Crippen LogP contribution in [0.3, 0.4) is 0 Å². The number of halogens is 2. The number of rotatable bonds is 8. The van der Waals surface area contributed by atoms with Crippen molar-refractivity contribution in [3.8, 4) is 11.5 Å². The molecule has 0 aliphatic carbocycles. The van der Waals surface area contributed by atoms with Crippen molar-refractivity contribution >= 4 is 11.6 Å². The molecular weight excluding hydrogens is 418 g/mol. The number of nitrogens with one attached hydrogen (secondary N) is 2. The van der Waals surface area contributed by atoms with Gasteiger partial charge >= 0.3 is 0 Å². The van der Waals surface area contributed by atoms with Crippen molar-refractivity contribution in [3.05, 3.63) is 53.6 Å². The van der Waals surface area contributed by atoms with Crippen LogP contribution in [0.25, 0.3) is 0 Å². The third-order valence-electron chi connectivity index (χ3n) is 5.57. The van der Waals surface area contributed by atoms with Gasteiger partial charge in [-0.05, 0) is 44.3 Å². The molecule has 0 atom stereocenters.